The van der Waals surface area contributed by atoms with Gasteiger partial charge in [-0.1, -0.05) is 26.0 Å². The first-order valence-electron chi connectivity index (χ1n) is 8.12. The lowest BCUT2D eigenvalue weighted by molar-refractivity contribution is 0.0943. The molecule has 0 saturated carbocycles. The van der Waals surface area contributed by atoms with Crippen LogP contribution in [0, 0.1) is 6.92 Å². The van der Waals surface area contributed by atoms with E-state index in [9.17, 15) is 13.2 Å². The van der Waals surface area contributed by atoms with Crippen molar-refractivity contribution >= 4 is 27.3 Å². The number of aryl methyl sites for hydroxylation is 1. The maximum Gasteiger partial charge on any atom is 0.263 e. The fourth-order valence-corrected chi connectivity index (χ4v) is 4.67. The summed E-state index contributed by atoms with van der Waals surface area (Å²) in [7, 11) is -3.47. The Morgan fingerprint density at radius 3 is 2.32 bits per heavy atom. The molecule has 1 atom stereocenters. The molecular weight excluding hydrogens is 358 g/mol. The Balaban J connectivity index is 2.14. The fourth-order valence-electron chi connectivity index (χ4n) is 2.51. The van der Waals surface area contributed by atoms with Crippen molar-refractivity contribution in [3.63, 3.8) is 0 Å². The summed E-state index contributed by atoms with van der Waals surface area (Å²) in [5.74, 6) is -0.174. The van der Waals surface area contributed by atoms with Gasteiger partial charge in [0.05, 0.1) is 22.1 Å². The van der Waals surface area contributed by atoms with E-state index in [0.29, 0.717) is 23.7 Å². The van der Waals surface area contributed by atoms with Crippen LogP contribution in [-0.2, 0) is 10.0 Å². The Labute approximate surface area is 153 Å². The molecule has 0 radical (unpaired) electrons. The summed E-state index contributed by atoms with van der Waals surface area (Å²) in [4.78, 5) is 17.2. The quantitative estimate of drug-likeness (QED) is 0.800. The highest BCUT2D eigenvalue weighted by Crippen LogP contribution is 2.20. The van der Waals surface area contributed by atoms with Gasteiger partial charge in [0, 0.05) is 13.1 Å². The zero-order chi connectivity index (χ0) is 18.6. The number of benzene rings is 1. The van der Waals surface area contributed by atoms with Crippen molar-refractivity contribution < 1.29 is 13.2 Å². The van der Waals surface area contributed by atoms with Crippen molar-refractivity contribution in [2.24, 2.45) is 0 Å². The first-order chi connectivity index (χ1) is 11.8. The van der Waals surface area contributed by atoms with Gasteiger partial charge in [0.25, 0.3) is 5.91 Å². The molecule has 0 unspecified atom stereocenters. The van der Waals surface area contributed by atoms with E-state index in [-0.39, 0.29) is 16.8 Å². The average Bonchev–Trinajstić information content (AvgIpc) is 3.02. The predicted molar refractivity (Wildman–Crippen MR) is 99.3 cm³/mol. The van der Waals surface area contributed by atoms with Gasteiger partial charge in [-0.25, -0.2) is 13.4 Å². The third-order valence-corrected chi connectivity index (χ3v) is 7.01. The SMILES string of the molecule is CCN(CC)S(=O)(=O)c1ccc([C@@H](C)NC(=O)c2scnc2C)cc1. The van der Waals surface area contributed by atoms with Crippen molar-refractivity contribution in [2.75, 3.05) is 13.1 Å². The normalized spacial score (nSPS) is 13.0. The molecule has 2 rings (SSSR count). The van der Waals surface area contributed by atoms with Crippen molar-refractivity contribution in [1.82, 2.24) is 14.6 Å². The Morgan fingerprint density at radius 2 is 1.84 bits per heavy atom. The summed E-state index contributed by atoms with van der Waals surface area (Å²) in [6, 6.07) is 6.41. The second-order valence-corrected chi connectivity index (χ2v) is 8.41. The van der Waals surface area contributed by atoms with Gasteiger partial charge in [-0.05, 0) is 31.5 Å². The lowest BCUT2D eigenvalue weighted by atomic mass is 10.1. The molecule has 0 fully saturated rings. The number of carbonyl (C=O) groups excluding carboxylic acids is 1. The van der Waals surface area contributed by atoms with E-state index in [1.54, 1.807) is 36.7 Å². The van der Waals surface area contributed by atoms with Gasteiger partial charge in [0.2, 0.25) is 10.0 Å². The third kappa shape index (κ3) is 4.26. The average molecular weight is 382 g/mol. The van der Waals surface area contributed by atoms with Gasteiger partial charge in [-0.3, -0.25) is 4.79 Å². The van der Waals surface area contributed by atoms with Crippen LogP contribution in [0.5, 0.6) is 0 Å². The summed E-state index contributed by atoms with van der Waals surface area (Å²) in [6.45, 7) is 8.15. The number of nitrogens with one attached hydrogen (secondary N) is 1. The zero-order valence-corrected chi connectivity index (χ0v) is 16.4. The minimum absolute atomic E-state index is 0.174. The van der Waals surface area contributed by atoms with Gasteiger partial charge >= 0.3 is 0 Å². The molecule has 1 N–H and O–H groups in total. The molecule has 1 aromatic heterocycles. The van der Waals surface area contributed by atoms with Crippen LogP contribution in [-0.4, -0.2) is 36.7 Å². The predicted octanol–water partition coefficient (Wildman–Crippen LogP) is 2.97. The number of hydrogen-bond acceptors (Lipinski definition) is 5. The van der Waals surface area contributed by atoms with Crippen LogP contribution in [0.1, 0.15) is 47.7 Å². The Kier molecular flexibility index (Phi) is 6.31. The molecule has 1 aromatic carbocycles. The number of amides is 1. The highest BCUT2D eigenvalue weighted by atomic mass is 32.2. The van der Waals surface area contributed by atoms with Crippen LogP contribution in [0.4, 0.5) is 0 Å². The maximum absolute atomic E-state index is 12.5. The smallest absolute Gasteiger partial charge is 0.263 e. The molecule has 1 amide bonds. The topological polar surface area (TPSA) is 79.4 Å². The van der Waals surface area contributed by atoms with Gasteiger partial charge in [0.1, 0.15) is 4.88 Å². The third-order valence-electron chi connectivity index (χ3n) is 4.02. The highest BCUT2D eigenvalue weighted by molar-refractivity contribution is 7.89. The molecule has 0 aliphatic carbocycles. The van der Waals surface area contributed by atoms with Crippen molar-refractivity contribution in [2.45, 2.75) is 38.6 Å². The number of hydrogen-bond donors (Lipinski definition) is 1. The van der Waals surface area contributed by atoms with Crippen molar-refractivity contribution in [1.29, 1.82) is 0 Å². The van der Waals surface area contributed by atoms with E-state index in [2.05, 4.69) is 10.3 Å². The second-order valence-electron chi connectivity index (χ2n) is 5.62. The molecule has 2 aromatic rings. The molecule has 0 aliphatic rings. The van der Waals surface area contributed by atoms with E-state index < -0.39 is 10.0 Å². The molecular formula is C17H23N3O3S2. The van der Waals surface area contributed by atoms with Crippen molar-refractivity contribution in [3.8, 4) is 0 Å². The molecule has 0 spiro atoms. The van der Waals surface area contributed by atoms with Crippen LogP contribution < -0.4 is 5.32 Å². The van der Waals surface area contributed by atoms with Gasteiger partial charge in [0.15, 0.2) is 0 Å². The summed E-state index contributed by atoms with van der Waals surface area (Å²) in [6.07, 6.45) is 0. The number of carbonyl (C=O) groups is 1. The van der Waals surface area contributed by atoms with Crippen LogP contribution in [0.15, 0.2) is 34.7 Å². The number of aromatic nitrogens is 1. The Bertz CT molecular complexity index is 825. The van der Waals surface area contributed by atoms with Crippen LogP contribution in [0.3, 0.4) is 0 Å². The van der Waals surface area contributed by atoms with Crippen LogP contribution in [0.25, 0.3) is 0 Å². The maximum atomic E-state index is 12.5. The molecule has 6 nitrogen and oxygen atoms in total. The Hall–Kier alpha value is -1.77. The minimum Gasteiger partial charge on any atom is -0.345 e. The number of sulfonamides is 1. The molecule has 136 valence electrons. The number of rotatable bonds is 7. The van der Waals surface area contributed by atoms with Crippen LogP contribution in [0.2, 0.25) is 0 Å². The molecule has 25 heavy (non-hydrogen) atoms. The minimum atomic E-state index is -3.47. The number of thiazole rings is 1. The molecule has 0 saturated heterocycles. The highest BCUT2D eigenvalue weighted by Gasteiger charge is 2.22. The van der Waals surface area contributed by atoms with Gasteiger partial charge in [-0.15, -0.1) is 11.3 Å². The van der Waals surface area contributed by atoms with E-state index in [0.717, 1.165) is 5.56 Å². The largest absolute Gasteiger partial charge is 0.345 e. The van der Waals surface area contributed by atoms with E-state index in [1.165, 1.54) is 15.6 Å². The molecule has 1 heterocycles. The van der Waals surface area contributed by atoms with Gasteiger partial charge in [-0.2, -0.15) is 4.31 Å². The summed E-state index contributed by atoms with van der Waals surface area (Å²) >= 11 is 1.30. The first kappa shape index (κ1) is 19.6. The molecule has 8 heteroatoms. The van der Waals surface area contributed by atoms with Crippen molar-refractivity contribution in [3.05, 3.63) is 45.9 Å². The zero-order valence-electron chi connectivity index (χ0n) is 14.8. The standard InChI is InChI=1S/C17H23N3O3S2/c1-5-20(6-2)25(22,23)15-9-7-14(8-10-15)12(3)19-17(21)16-13(4)18-11-24-16/h7-12H,5-6H2,1-4H3,(H,19,21)/t12-/m1/s1. The van der Waals surface area contributed by atoms with Crippen LogP contribution >= 0.6 is 11.3 Å². The second kappa shape index (κ2) is 8.07. The first-order valence-corrected chi connectivity index (χ1v) is 10.4. The molecule has 0 aliphatic heterocycles. The monoisotopic (exact) mass is 381 g/mol. The fraction of sp³-hybridized carbons (Fsp3) is 0.412. The lowest BCUT2D eigenvalue weighted by Gasteiger charge is -2.19. The van der Waals surface area contributed by atoms with E-state index in [1.807, 2.05) is 20.8 Å². The summed E-state index contributed by atoms with van der Waals surface area (Å²) in [5, 5.41) is 2.91. The van der Waals surface area contributed by atoms with E-state index >= 15 is 0 Å². The summed E-state index contributed by atoms with van der Waals surface area (Å²) < 4.78 is 26.4. The Morgan fingerprint density at radius 1 is 1.24 bits per heavy atom. The lowest BCUT2D eigenvalue weighted by Crippen LogP contribution is -2.30. The summed E-state index contributed by atoms with van der Waals surface area (Å²) in [5.41, 5.74) is 3.19. The molecule has 0 bridgehead atoms. The van der Waals surface area contributed by atoms with Gasteiger partial charge < -0.3 is 5.32 Å². The number of nitrogens with zero attached hydrogens (tertiary/aromatic N) is 2. The van der Waals surface area contributed by atoms with E-state index in [4.69, 9.17) is 0 Å².